The number of epoxide rings is 1. The number of alkyl halides is 9. The van der Waals surface area contributed by atoms with Gasteiger partial charge < -0.3 is 9.47 Å². The summed E-state index contributed by atoms with van der Waals surface area (Å²) in [7, 11) is 0. The molecule has 2 nitrogen and oxygen atoms in total. The van der Waals surface area contributed by atoms with Crippen LogP contribution in [0.3, 0.4) is 0 Å². The molecule has 0 N–H and O–H groups in total. The van der Waals surface area contributed by atoms with E-state index in [0.29, 0.717) is 0 Å². The van der Waals surface area contributed by atoms with Crippen molar-refractivity contribution in [2.24, 2.45) is 0 Å². The van der Waals surface area contributed by atoms with Crippen LogP contribution in [0.2, 0.25) is 0 Å². The van der Waals surface area contributed by atoms with Gasteiger partial charge in [-0.25, -0.2) is 0 Å². The van der Waals surface area contributed by atoms with Gasteiger partial charge in [-0.2, -0.15) is 39.5 Å². The summed E-state index contributed by atoms with van der Waals surface area (Å²) in [6, 6.07) is 0. The highest BCUT2D eigenvalue weighted by atomic mass is 19.4. The first-order valence-electron chi connectivity index (χ1n) is 5.18. The first-order valence-corrected chi connectivity index (χ1v) is 5.18. The van der Waals surface area contributed by atoms with Crippen LogP contribution in [0.5, 0.6) is 0 Å². The predicted octanol–water partition coefficient (Wildman–Crippen LogP) is 3.26. The predicted molar refractivity (Wildman–Crippen MR) is 46.1 cm³/mol. The third kappa shape index (κ3) is 2.83. The summed E-state index contributed by atoms with van der Waals surface area (Å²) in [5.74, 6) is -19.3. The Morgan fingerprint density at radius 2 is 1.45 bits per heavy atom. The smallest absolute Gasteiger partial charge is 0.371 e. The van der Waals surface area contributed by atoms with E-state index in [0.717, 1.165) is 0 Å². The van der Waals surface area contributed by atoms with Crippen molar-refractivity contribution in [2.45, 2.75) is 43.1 Å². The van der Waals surface area contributed by atoms with Crippen LogP contribution in [-0.4, -0.2) is 49.4 Å². The fourth-order valence-electron chi connectivity index (χ4n) is 1.16. The van der Waals surface area contributed by atoms with Crippen LogP contribution in [0.25, 0.3) is 0 Å². The van der Waals surface area contributed by atoms with Crippen molar-refractivity contribution < 1.29 is 49.0 Å². The Balaban J connectivity index is 2.91. The third-order valence-electron chi connectivity index (χ3n) is 2.61. The van der Waals surface area contributed by atoms with Gasteiger partial charge in [0.2, 0.25) is 0 Å². The normalized spacial score (nSPS) is 22.8. The molecule has 2 atom stereocenters. The van der Waals surface area contributed by atoms with Crippen molar-refractivity contribution in [1.82, 2.24) is 0 Å². The zero-order valence-electron chi connectivity index (χ0n) is 9.79. The van der Waals surface area contributed by atoms with Gasteiger partial charge in [-0.1, -0.05) is 0 Å². The lowest BCUT2D eigenvalue weighted by Crippen LogP contribution is -2.64. The first-order chi connectivity index (χ1) is 8.75. The SMILES string of the molecule is CC(OCC1CO1)C(F)(F)C(F)(F)C(F)(F)C(F)(F)F. The molecule has 2 unspecified atom stereocenters. The maximum absolute atomic E-state index is 13.2. The van der Waals surface area contributed by atoms with E-state index in [-0.39, 0.29) is 13.5 Å². The highest BCUT2D eigenvalue weighted by molar-refractivity contribution is 5.02. The molecule has 0 aromatic heterocycles. The number of halogens is 9. The van der Waals surface area contributed by atoms with Crippen LogP contribution in [0.4, 0.5) is 39.5 Å². The first kappa shape index (κ1) is 17.3. The van der Waals surface area contributed by atoms with E-state index >= 15 is 0 Å². The average molecular weight is 320 g/mol. The number of rotatable bonds is 6. The maximum atomic E-state index is 13.2. The second-order valence-corrected chi connectivity index (χ2v) is 4.20. The molecule has 1 aliphatic rings. The van der Waals surface area contributed by atoms with Gasteiger partial charge in [0.15, 0.2) is 0 Å². The molecule has 1 rings (SSSR count). The molecular weight excluding hydrogens is 311 g/mol. The minimum Gasteiger partial charge on any atom is -0.371 e. The van der Waals surface area contributed by atoms with E-state index in [1.165, 1.54) is 0 Å². The van der Waals surface area contributed by atoms with Gasteiger partial charge in [0.05, 0.1) is 13.2 Å². The van der Waals surface area contributed by atoms with Crippen molar-refractivity contribution >= 4 is 0 Å². The van der Waals surface area contributed by atoms with Gasteiger partial charge in [0.25, 0.3) is 0 Å². The van der Waals surface area contributed by atoms with E-state index in [9.17, 15) is 39.5 Å². The Labute approximate surface area is 106 Å². The van der Waals surface area contributed by atoms with Gasteiger partial charge in [-0.3, -0.25) is 0 Å². The van der Waals surface area contributed by atoms with Crippen molar-refractivity contribution in [3.8, 4) is 0 Å². The number of hydrogen-bond donors (Lipinski definition) is 0. The molecule has 0 bridgehead atoms. The van der Waals surface area contributed by atoms with Crippen LogP contribution >= 0.6 is 0 Å². The fourth-order valence-corrected chi connectivity index (χ4v) is 1.16. The third-order valence-corrected chi connectivity index (χ3v) is 2.61. The van der Waals surface area contributed by atoms with Crippen LogP contribution < -0.4 is 0 Å². The topological polar surface area (TPSA) is 21.8 Å². The lowest BCUT2D eigenvalue weighted by molar-refractivity contribution is -0.406. The van der Waals surface area contributed by atoms with Crippen molar-refractivity contribution in [2.75, 3.05) is 13.2 Å². The Kier molecular flexibility index (Phi) is 4.28. The summed E-state index contributed by atoms with van der Waals surface area (Å²) in [5.41, 5.74) is 0. The molecule has 1 heterocycles. The molecule has 1 fully saturated rings. The van der Waals surface area contributed by atoms with Crippen LogP contribution in [-0.2, 0) is 9.47 Å². The molecular formula is C9H9F9O2. The maximum Gasteiger partial charge on any atom is 0.460 e. The minimum absolute atomic E-state index is 0.105. The fraction of sp³-hybridized carbons (Fsp3) is 1.00. The van der Waals surface area contributed by atoms with E-state index in [1.807, 2.05) is 0 Å². The lowest BCUT2D eigenvalue weighted by atomic mass is 10.00. The van der Waals surface area contributed by atoms with Crippen LogP contribution in [0.1, 0.15) is 6.92 Å². The molecule has 0 spiro atoms. The molecule has 0 aromatic carbocycles. The highest BCUT2D eigenvalue weighted by Gasteiger charge is 2.82. The van der Waals surface area contributed by atoms with Crippen molar-refractivity contribution in [1.29, 1.82) is 0 Å². The molecule has 1 aliphatic heterocycles. The molecule has 0 saturated carbocycles. The quantitative estimate of drug-likeness (QED) is 0.553. The van der Waals surface area contributed by atoms with Gasteiger partial charge in [-0.05, 0) is 6.92 Å². The molecule has 11 heteroatoms. The Morgan fingerprint density at radius 1 is 1.00 bits per heavy atom. The molecule has 0 aliphatic carbocycles. The van der Waals surface area contributed by atoms with Gasteiger partial charge in [0, 0.05) is 0 Å². The summed E-state index contributed by atoms with van der Waals surface area (Å²) in [6.07, 6.45) is -10.3. The highest BCUT2D eigenvalue weighted by Crippen LogP contribution is 2.54. The standard InChI is InChI=1S/C9H9F9O2/c1-4(19-2-5-3-20-5)6(10,11)7(12,13)8(14,15)9(16,17)18/h4-5H,2-3H2,1H3. The van der Waals surface area contributed by atoms with Crippen molar-refractivity contribution in [3.63, 3.8) is 0 Å². The second-order valence-electron chi connectivity index (χ2n) is 4.20. The van der Waals surface area contributed by atoms with E-state index in [4.69, 9.17) is 0 Å². The zero-order chi connectivity index (χ0) is 16.0. The molecule has 0 amide bonds. The van der Waals surface area contributed by atoms with E-state index in [2.05, 4.69) is 9.47 Å². The summed E-state index contributed by atoms with van der Waals surface area (Å²) in [4.78, 5) is 0. The number of hydrogen-bond acceptors (Lipinski definition) is 2. The Morgan fingerprint density at radius 3 is 1.80 bits per heavy atom. The molecule has 1 saturated heterocycles. The molecule has 0 radical (unpaired) electrons. The zero-order valence-corrected chi connectivity index (χ0v) is 9.79. The summed E-state index contributed by atoms with van der Waals surface area (Å²) in [6.45, 7) is -0.222. The van der Waals surface area contributed by atoms with E-state index in [1.54, 1.807) is 0 Å². The summed E-state index contributed by atoms with van der Waals surface area (Å²) < 4.78 is 121. The second kappa shape index (κ2) is 4.93. The summed E-state index contributed by atoms with van der Waals surface area (Å²) in [5, 5.41) is 0. The van der Waals surface area contributed by atoms with Crippen LogP contribution in [0.15, 0.2) is 0 Å². The molecule has 0 aromatic rings. The molecule has 20 heavy (non-hydrogen) atoms. The Hall–Kier alpha value is -0.710. The Bertz CT molecular complexity index is 348. The average Bonchev–Trinajstić information content (AvgIpc) is 3.07. The van der Waals surface area contributed by atoms with Crippen LogP contribution in [0, 0.1) is 0 Å². The summed E-state index contributed by atoms with van der Waals surface area (Å²) >= 11 is 0. The lowest BCUT2D eigenvalue weighted by Gasteiger charge is -2.36. The van der Waals surface area contributed by atoms with Gasteiger partial charge >= 0.3 is 23.9 Å². The van der Waals surface area contributed by atoms with Gasteiger partial charge in [0.1, 0.15) is 12.2 Å². The minimum atomic E-state index is -6.89. The van der Waals surface area contributed by atoms with E-state index < -0.39 is 42.8 Å². The largest absolute Gasteiger partial charge is 0.460 e. The monoisotopic (exact) mass is 320 g/mol. The van der Waals surface area contributed by atoms with Gasteiger partial charge in [-0.15, -0.1) is 0 Å². The van der Waals surface area contributed by atoms with Crippen molar-refractivity contribution in [3.05, 3.63) is 0 Å². The molecule has 120 valence electrons. The number of ether oxygens (including phenoxy) is 2.